The van der Waals surface area contributed by atoms with Gasteiger partial charge in [-0.05, 0) is 18.2 Å². The molecule has 0 unspecified atom stereocenters. The zero-order chi connectivity index (χ0) is 18.4. The summed E-state index contributed by atoms with van der Waals surface area (Å²) in [6.45, 7) is 0. The molecule has 0 aliphatic rings. The molecule has 1 aromatic heterocycles. The van der Waals surface area contributed by atoms with Crippen LogP contribution in [-0.2, 0) is 12.4 Å². The van der Waals surface area contributed by atoms with Crippen LogP contribution in [0.4, 0.5) is 26.3 Å². The summed E-state index contributed by atoms with van der Waals surface area (Å²) in [5.41, 5.74) is -2.00. The summed E-state index contributed by atoms with van der Waals surface area (Å²) in [6.07, 6.45) is -9.82. The van der Waals surface area contributed by atoms with E-state index in [-0.39, 0.29) is 16.6 Å². The third-order valence-corrected chi connectivity index (χ3v) is 3.88. The van der Waals surface area contributed by atoms with Crippen LogP contribution in [0.5, 0.6) is 0 Å². The second-order valence-electron chi connectivity index (χ2n) is 5.10. The maximum absolute atomic E-state index is 13.2. The predicted molar refractivity (Wildman–Crippen MR) is 82.7 cm³/mol. The van der Waals surface area contributed by atoms with Crippen molar-refractivity contribution in [3.05, 3.63) is 58.3 Å². The van der Waals surface area contributed by atoms with Crippen molar-refractivity contribution in [2.24, 2.45) is 0 Å². The first-order chi connectivity index (χ1) is 11.6. The minimum absolute atomic E-state index is 0.110. The van der Waals surface area contributed by atoms with E-state index in [0.717, 1.165) is 6.07 Å². The van der Waals surface area contributed by atoms with Crippen molar-refractivity contribution >= 4 is 26.8 Å². The van der Waals surface area contributed by atoms with Crippen molar-refractivity contribution in [2.45, 2.75) is 12.4 Å². The SMILES string of the molecule is FC(F)(F)c1nc(-c2cccc(Br)c2)c2cccc(C(F)(F)F)c2n1. The molecule has 3 aromatic rings. The fourth-order valence-electron chi connectivity index (χ4n) is 2.36. The number of rotatable bonds is 1. The maximum Gasteiger partial charge on any atom is 0.451 e. The molecule has 3 rings (SSSR count). The van der Waals surface area contributed by atoms with Gasteiger partial charge >= 0.3 is 12.4 Å². The van der Waals surface area contributed by atoms with E-state index in [9.17, 15) is 26.3 Å². The number of benzene rings is 2. The molecule has 0 aliphatic heterocycles. The number of alkyl halides is 6. The molecule has 0 saturated heterocycles. The van der Waals surface area contributed by atoms with Crippen molar-refractivity contribution in [2.75, 3.05) is 0 Å². The summed E-state index contributed by atoms with van der Waals surface area (Å²) >= 11 is 3.18. The van der Waals surface area contributed by atoms with Gasteiger partial charge in [0.1, 0.15) is 0 Å². The highest BCUT2D eigenvalue weighted by Gasteiger charge is 2.38. The number of nitrogens with zero attached hydrogens (tertiary/aromatic N) is 2. The number of aromatic nitrogens is 2. The van der Waals surface area contributed by atoms with Gasteiger partial charge in [-0.2, -0.15) is 26.3 Å². The summed E-state index contributed by atoms with van der Waals surface area (Å²) in [4.78, 5) is 6.64. The Morgan fingerprint density at radius 3 is 2.08 bits per heavy atom. The second kappa shape index (κ2) is 5.98. The average molecular weight is 421 g/mol. The van der Waals surface area contributed by atoms with Gasteiger partial charge in [0.05, 0.1) is 16.8 Å². The summed E-state index contributed by atoms with van der Waals surface area (Å²) < 4.78 is 79.4. The van der Waals surface area contributed by atoms with E-state index in [1.54, 1.807) is 12.1 Å². The van der Waals surface area contributed by atoms with Gasteiger partial charge in [-0.1, -0.05) is 40.2 Å². The van der Waals surface area contributed by atoms with E-state index < -0.39 is 29.3 Å². The van der Waals surface area contributed by atoms with E-state index in [2.05, 4.69) is 25.9 Å². The molecule has 1 heterocycles. The molecular weight excluding hydrogens is 414 g/mol. The van der Waals surface area contributed by atoms with Gasteiger partial charge in [-0.3, -0.25) is 0 Å². The van der Waals surface area contributed by atoms with E-state index >= 15 is 0 Å². The average Bonchev–Trinajstić information content (AvgIpc) is 2.51. The largest absolute Gasteiger partial charge is 0.451 e. The fourth-order valence-corrected chi connectivity index (χ4v) is 2.76. The molecule has 130 valence electrons. The summed E-state index contributed by atoms with van der Waals surface area (Å²) in [7, 11) is 0. The van der Waals surface area contributed by atoms with Crippen molar-refractivity contribution < 1.29 is 26.3 Å². The molecule has 0 amide bonds. The Morgan fingerprint density at radius 2 is 1.48 bits per heavy atom. The molecule has 2 nitrogen and oxygen atoms in total. The quantitative estimate of drug-likeness (QED) is 0.444. The molecule has 0 radical (unpaired) electrons. The number of hydrogen-bond acceptors (Lipinski definition) is 2. The Kier molecular flexibility index (Phi) is 4.22. The molecule has 0 atom stereocenters. The monoisotopic (exact) mass is 420 g/mol. The number of para-hydroxylation sites is 1. The van der Waals surface area contributed by atoms with Gasteiger partial charge in [0.25, 0.3) is 0 Å². The van der Waals surface area contributed by atoms with Gasteiger partial charge in [0, 0.05) is 15.4 Å². The van der Waals surface area contributed by atoms with Crippen molar-refractivity contribution in [3.63, 3.8) is 0 Å². The van der Waals surface area contributed by atoms with Gasteiger partial charge < -0.3 is 0 Å². The number of fused-ring (bicyclic) bond motifs is 1. The highest BCUT2D eigenvalue weighted by atomic mass is 79.9. The van der Waals surface area contributed by atoms with Gasteiger partial charge in [-0.25, -0.2) is 9.97 Å². The lowest BCUT2D eigenvalue weighted by Gasteiger charge is -2.15. The van der Waals surface area contributed by atoms with E-state index in [0.29, 0.717) is 10.5 Å². The first-order valence-corrected chi connectivity index (χ1v) is 7.58. The standard InChI is InChI=1S/C16H7BrF6N2/c17-9-4-1-3-8(7-9)12-10-5-2-6-11(15(18,19)20)13(10)25-14(24-12)16(21,22)23/h1-7H. The highest BCUT2D eigenvalue weighted by Crippen LogP contribution is 2.39. The Balaban J connectivity index is 2.43. The van der Waals surface area contributed by atoms with Crippen LogP contribution in [0.15, 0.2) is 46.9 Å². The molecule has 2 aromatic carbocycles. The number of hydrogen-bond donors (Lipinski definition) is 0. The summed E-state index contributed by atoms with van der Waals surface area (Å²) in [5, 5.41) is -0.110. The molecule has 0 fully saturated rings. The van der Waals surface area contributed by atoms with Crippen LogP contribution >= 0.6 is 15.9 Å². The minimum Gasteiger partial charge on any atom is -0.224 e. The van der Waals surface area contributed by atoms with E-state index in [1.807, 2.05) is 0 Å². The van der Waals surface area contributed by atoms with E-state index in [1.165, 1.54) is 18.2 Å². The molecule has 0 aliphatic carbocycles. The minimum atomic E-state index is -4.98. The summed E-state index contributed by atoms with van der Waals surface area (Å²) in [5.74, 6) is -1.62. The van der Waals surface area contributed by atoms with Crippen molar-refractivity contribution in [1.82, 2.24) is 9.97 Å². The lowest BCUT2D eigenvalue weighted by molar-refractivity contribution is -0.145. The van der Waals surface area contributed by atoms with Crippen LogP contribution in [-0.4, -0.2) is 9.97 Å². The second-order valence-corrected chi connectivity index (χ2v) is 6.02. The predicted octanol–water partition coefficient (Wildman–Crippen LogP) is 6.10. The van der Waals surface area contributed by atoms with Crippen LogP contribution in [0, 0.1) is 0 Å². The van der Waals surface area contributed by atoms with Crippen molar-refractivity contribution in [1.29, 1.82) is 0 Å². The molecule has 25 heavy (non-hydrogen) atoms. The Hall–Kier alpha value is -2.16. The molecule has 0 N–H and O–H groups in total. The first kappa shape index (κ1) is 17.7. The molecular formula is C16H7BrF6N2. The zero-order valence-corrected chi connectivity index (χ0v) is 13.7. The van der Waals surface area contributed by atoms with Gasteiger partial charge in [-0.15, -0.1) is 0 Å². The van der Waals surface area contributed by atoms with Crippen LogP contribution in [0.1, 0.15) is 11.4 Å². The van der Waals surface area contributed by atoms with E-state index in [4.69, 9.17) is 0 Å². The van der Waals surface area contributed by atoms with Crippen molar-refractivity contribution in [3.8, 4) is 11.3 Å². The third kappa shape index (κ3) is 3.46. The van der Waals surface area contributed by atoms with Crippen LogP contribution in [0.25, 0.3) is 22.2 Å². The lowest BCUT2D eigenvalue weighted by atomic mass is 10.0. The van der Waals surface area contributed by atoms with Gasteiger partial charge in [0.2, 0.25) is 5.82 Å². The Morgan fingerprint density at radius 1 is 0.800 bits per heavy atom. The Labute approximate surface area is 145 Å². The smallest absolute Gasteiger partial charge is 0.224 e. The summed E-state index contributed by atoms with van der Waals surface area (Å²) in [6, 6.07) is 9.20. The molecule has 0 bridgehead atoms. The zero-order valence-electron chi connectivity index (χ0n) is 12.1. The van der Waals surface area contributed by atoms with Crippen LogP contribution in [0.2, 0.25) is 0 Å². The lowest BCUT2D eigenvalue weighted by Crippen LogP contribution is -2.14. The molecule has 9 heteroatoms. The topological polar surface area (TPSA) is 25.8 Å². The van der Waals surface area contributed by atoms with Crippen LogP contribution in [0.3, 0.4) is 0 Å². The fraction of sp³-hybridized carbons (Fsp3) is 0.125. The maximum atomic E-state index is 13.2. The normalized spacial score (nSPS) is 12.6. The number of halogens is 7. The first-order valence-electron chi connectivity index (χ1n) is 6.78. The Bertz CT molecular complexity index is 949. The van der Waals surface area contributed by atoms with Crippen LogP contribution < -0.4 is 0 Å². The molecule has 0 saturated carbocycles. The third-order valence-electron chi connectivity index (χ3n) is 3.38. The van der Waals surface area contributed by atoms with Gasteiger partial charge in [0.15, 0.2) is 0 Å². The highest BCUT2D eigenvalue weighted by molar-refractivity contribution is 9.10. The molecule has 0 spiro atoms.